The van der Waals surface area contributed by atoms with Gasteiger partial charge >= 0.3 is 0 Å². The summed E-state index contributed by atoms with van der Waals surface area (Å²) in [5.74, 6) is 0.625. The van der Waals surface area contributed by atoms with Gasteiger partial charge in [-0.25, -0.2) is 0 Å². The molecule has 2 heteroatoms. The maximum Gasteiger partial charge on any atom is 0.141 e. The SMILES string of the molecule is O=C(C1CCCCC1)C1CCCCC1O. The highest BCUT2D eigenvalue weighted by Gasteiger charge is 2.33. The molecule has 0 bridgehead atoms. The Labute approximate surface area is 92.1 Å². The van der Waals surface area contributed by atoms with E-state index in [1.54, 1.807) is 0 Å². The van der Waals surface area contributed by atoms with Crippen molar-refractivity contribution in [2.24, 2.45) is 11.8 Å². The first-order chi connectivity index (χ1) is 7.29. The minimum Gasteiger partial charge on any atom is -0.392 e. The van der Waals surface area contributed by atoms with E-state index in [0.717, 1.165) is 38.5 Å². The van der Waals surface area contributed by atoms with Crippen LogP contribution in [0.2, 0.25) is 0 Å². The highest BCUT2D eigenvalue weighted by molar-refractivity contribution is 5.84. The van der Waals surface area contributed by atoms with Gasteiger partial charge in [0.15, 0.2) is 0 Å². The van der Waals surface area contributed by atoms with Gasteiger partial charge in [-0.2, -0.15) is 0 Å². The number of hydrogen-bond donors (Lipinski definition) is 1. The monoisotopic (exact) mass is 210 g/mol. The third-order valence-corrected chi connectivity index (χ3v) is 4.10. The lowest BCUT2D eigenvalue weighted by molar-refractivity contribution is -0.132. The molecule has 0 aliphatic heterocycles. The lowest BCUT2D eigenvalue weighted by atomic mass is 9.75. The number of Topliss-reactive ketones (excluding diaryl/α,β-unsaturated/α-hetero) is 1. The Kier molecular flexibility index (Phi) is 3.79. The van der Waals surface area contributed by atoms with E-state index in [9.17, 15) is 9.90 Å². The molecule has 2 fully saturated rings. The van der Waals surface area contributed by atoms with E-state index >= 15 is 0 Å². The van der Waals surface area contributed by atoms with E-state index in [1.165, 1.54) is 19.3 Å². The lowest BCUT2D eigenvalue weighted by Crippen LogP contribution is -2.35. The van der Waals surface area contributed by atoms with Crippen LogP contribution in [-0.4, -0.2) is 17.0 Å². The molecule has 2 aliphatic rings. The standard InChI is InChI=1S/C13H22O2/c14-12-9-5-4-8-11(12)13(15)10-6-2-1-3-7-10/h10-12,14H,1-9H2. The molecule has 0 aromatic carbocycles. The average Bonchev–Trinajstić information content (AvgIpc) is 2.30. The van der Waals surface area contributed by atoms with Crippen LogP contribution in [0.15, 0.2) is 0 Å². The average molecular weight is 210 g/mol. The molecule has 0 spiro atoms. The summed E-state index contributed by atoms with van der Waals surface area (Å²) in [6, 6.07) is 0. The van der Waals surface area contributed by atoms with Crippen LogP contribution >= 0.6 is 0 Å². The van der Waals surface area contributed by atoms with Crippen LogP contribution in [-0.2, 0) is 4.79 Å². The van der Waals surface area contributed by atoms with Gasteiger partial charge in [-0.05, 0) is 25.7 Å². The van der Waals surface area contributed by atoms with Gasteiger partial charge in [0.1, 0.15) is 5.78 Å². The fraction of sp³-hybridized carbons (Fsp3) is 0.923. The summed E-state index contributed by atoms with van der Waals surface area (Å²) >= 11 is 0. The summed E-state index contributed by atoms with van der Waals surface area (Å²) < 4.78 is 0. The van der Waals surface area contributed by atoms with Crippen molar-refractivity contribution in [3.63, 3.8) is 0 Å². The number of aliphatic hydroxyl groups is 1. The minimum atomic E-state index is -0.340. The molecule has 2 aliphatic carbocycles. The Balaban J connectivity index is 1.92. The number of carbonyl (C=O) groups excluding carboxylic acids is 1. The maximum absolute atomic E-state index is 12.2. The van der Waals surface area contributed by atoms with Crippen molar-refractivity contribution < 1.29 is 9.90 Å². The number of ketones is 1. The molecular weight excluding hydrogens is 188 g/mol. The number of hydrogen-bond acceptors (Lipinski definition) is 2. The van der Waals surface area contributed by atoms with E-state index in [-0.39, 0.29) is 17.9 Å². The van der Waals surface area contributed by atoms with Crippen molar-refractivity contribution >= 4 is 5.78 Å². The highest BCUT2D eigenvalue weighted by Crippen LogP contribution is 2.32. The molecule has 2 nitrogen and oxygen atoms in total. The van der Waals surface area contributed by atoms with Crippen LogP contribution in [0.4, 0.5) is 0 Å². The van der Waals surface area contributed by atoms with Gasteiger partial charge in [-0.15, -0.1) is 0 Å². The van der Waals surface area contributed by atoms with E-state index in [2.05, 4.69) is 0 Å². The molecular formula is C13H22O2. The largest absolute Gasteiger partial charge is 0.392 e. The number of rotatable bonds is 2. The second kappa shape index (κ2) is 5.11. The quantitative estimate of drug-likeness (QED) is 0.761. The Hall–Kier alpha value is -0.370. The van der Waals surface area contributed by atoms with Crippen LogP contribution in [0, 0.1) is 11.8 Å². The van der Waals surface area contributed by atoms with Gasteiger partial charge in [0.05, 0.1) is 6.10 Å². The Morgan fingerprint density at radius 3 is 2.13 bits per heavy atom. The van der Waals surface area contributed by atoms with Crippen molar-refractivity contribution in [3.8, 4) is 0 Å². The Bertz CT molecular complexity index is 219. The molecule has 0 radical (unpaired) electrons. The first-order valence-corrected chi connectivity index (χ1v) is 6.51. The smallest absolute Gasteiger partial charge is 0.141 e. The van der Waals surface area contributed by atoms with E-state index < -0.39 is 0 Å². The summed E-state index contributed by atoms with van der Waals surface area (Å²) in [4.78, 5) is 12.2. The van der Waals surface area contributed by atoms with Gasteiger partial charge in [-0.3, -0.25) is 4.79 Å². The van der Waals surface area contributed by atoms with Crippen molar-refractivity contribution in [2.45, 2.75) is 63.9 Å². The normalized spacial score (nSPS) is 33.9. The van der Waals surface area contributed by atoms with E-state index in [0.29, 0.717) is 5.78 Å². The predicted molar refractivity (Wildman–Crippen MR) is 59.5 cm³/mol. The van der Waals surface area contributed by atoms with Gasteiger partial charge in [0.2, 0.25) is 0 Å². The fourth-order valence-electron chi connectivity index (χ4n) is 3.13. The number of aliphatic hydroxyl groups excluding tert-OH is 1. The second-order valence-electron chi connectivity index (χ2n) is 5.20. The van der Waals surface area contributed by atoms with Crippen molar-refractivity contribution in [2.75, 3.05) is 0 Å². The molecule has 2 rings (SSSR count). The Morgan fingerprint density at radius 1 is 0.867 bits per heavy atom. The first kappa shape index (κ1) is 11.1. The van der Waals surface area contributed by atoms with Crippen LogP contribution in [0.5, 0.6) is 0 Å². The van der Waals surface area contributed by atoms with Gasteiger partial charge < -0.3 is 5.11 Å². The number of carbonyl (C=O) groups is 1. The maximum atomic E-state index is 12.2. The van der Waals surface area contributed by atoms with Crippen LogP contribution in [0.25, 0.3) is 0 Å². The van der Waals surface area contributed by atoms with Crippen LogP contribution in [0.1, 0.15) is 57.8 Å². The lowest BCUT2D eigenvalue weighted by Gasteiger charge is -2.31. The molecule has 0 aromatic heterocycles. The highest BCUT2D eigenvalue weighted by atomic mass is 16.3. The zero-order valence-electron chi connectivity index (χ0n) is 9.45. The fourth-order valence-corrected chi connectivity index (χ4v) is 3.13. The van der Waals surface area contributed by atoms with E-state index in [1.807, 2.05) is 0 Å². The molecule has 2 atom stereocenters. The van der Waals surface area contributed by atoms with Gasteiger partial charge in [0.25, 0.3) is 0 Å². The first-order valence-electron chi connectivity index (χ1n) is 6.51. The molecule has 0 heterocycles. The van der Waals surface area contributed by atoms with Crippen molar-refractivity contribution in [3.05, 3.63) is 0 Å². The summed E-state index contributed by atoms with van der Waals surface area (Å²) in [6.45, 7) is 0. The predicted octanol–water partition coefficient (Wildman–Crippen LogP) is 2.69. The molecule has 2 unspecified atom stereocenters. The van der Waals surface area contributed by atoms with Crippen LogP contribution < -0.4 is 0 Å². The van der Waals surface area contributed by atoms with Crippen molar-refractivity contribution in [1.82, 2.24) is 0 Å². The molecule has 0 aromatic rings. The molecule has 86 valence electrons. The molecule has 0 saturated heterocycles. The summed E-state index contributed by atoms with van der Waals surface area (Å²) in [5.41, 5.74) is 0. The van der Waals surface area contributed by atoms with E-state index in [4.69, 9.17) is 0 Å². The third kappa shape index (κ3) is 2.60. The zero-order chi connectivity index (χ0) is 10.7. The molecule has 15 heavy (non-hydrogen) atoms. The van der Waals surface area contributed by atoms with Crippen LogP contribution in [0.3, 0.4) is 0 Å². The van der Waals surface area contributed by atoms with Gasteiger partial charge in [-0.1, -0.05) is 32.1 Å². The summed E-state index contributed by atoms with van der Waals surface area (Å²) in [6.07, 6.45) is 9.49. The minimum absolute atomic E-state index is 0.0261. The Morgan fingerprint density at radius 2 is 1.47 bits per heavy atom. The molecule has 0 amide bonds. The molecule has 2 saturated carbocycles. The summed E-state index contributed by atoms with van der Waals surface area (Å²) in [5, 5.41) is 9.85. The van der Waals surface area contributed by atoms with Crippen molar-refractivity contribution in [1.29, 1.82) is 0 Å². The second-order valence-corrected chi connectivity index (χ2v) is 5.20. The zero-order valence-corrected chi connectivity index (χ0v) is 9.45. The summed E-state index contributed by atoms with van der Waals surface area (Å²) in [7, 11) is 0. The third-order valence-electron chi connectivity index (χ3n) is 4.10. The van der Waals surface area contributed by atoms with Gasteiger partial charge in [0, 0.05) is 11.8 Å². The topological polar surface area (TPSA) is 37.3 Å². The molecule has 1 N–H and O–H groups in total.